The summed E-state index contributed by atoms with van der Waals surface area (Å²) in [5.74, 6) is 2.60. The first-order valence-corrected chi connectivity index (χ1v) is 8.40. The Hall–Kier alpha value is -3.69. The number of hydrogen-bond donors (Lipinski definition) is 4. The van der Waals surface area contributed by atoms with Crippen LogP contribution in [0.4, 0.5) is 27.8 Å². The molecule has 4 rings (SSSR count). The van der Waals surface area contributed by atoms with Crippen LogP contribution in [-0.2, 0) is 0 Å². The largest absolute Gasteiger partial charge is 0.486 e. The zero-order valence-electron chi connectivity index (χ0n) is 14.9. The van der Waals surface area contributed by atoms with Crippen molar-refractivity contribution in [2.24, 2.45) is 0 Å². The lowest BCUT2D eigenvalue weighted by Gasteiger charge is -2.21. The summed E-state index contributed by atoms with van der Waals surface area (Å²) in [5, 5.41) is 15.8. The number of fused-ring (bicyclic) bond motifs is 2. The molecule has 27 heavy (non-hydrogen) atoms. The maximum Gasteiger partial charge on any atom is 0.319 e. The minimum Gasteiger partial charge on any atom is -0.486 e. The third kappa shape index (κ3) is 3.12. The fourth-order valence-corrected chi connectivity index (χ4v) is 2.79. The molecular formula is C17H19N7O3. The summed E-state index contributed by atoms with van der Waals surface area (Å²) in [6, 6.07) is 7.09. The van der Waals surface area contributed by atoms with Crippen LogP contribution in [0.2, 0.25) is 0 Å². The molecule has 4 N–H and O–H groups in total. The number of anilines is 4. The van der Waals surface area contributed by atoms with Crippen LogP contribution in [0, 0.1) is 0 Å². The summed E-state index contributed by atoms with van der Waals surface area (Å²) >= 11 is 0. The molecule has 3 heterocycles. The molecule has 140 valence electrons. The molecule has 2 aromatic heterocycles. The fraction of sp³-hybridized carbons (Fsp3) is 0.235. The van der Waals surface area contributed by atoms with Crippen molar-refractivity contribution in [2.75, 3.05) is 43.3 Å². The van der Waals surface area contributed by atoms with E-state index in [2.05, 4.69) is 31.3 Å². The van der Waals surface area contributed by atoms with E-state index in [4.69, 9.17) is 9.47 Å². The number of urea groups is 1. The van der Waals surface area contributed by atoms with Crippen molar-refractivity contribution in [1.82, 2.24) is 19.9 Å². The van der Waals surface area contributed by atoms with E-state index < -0.39 is 0 Å². The Kier molecular flexibility index (Phi) is 4.29. The summed E-state index contributed by atoms with van der Waals surface area (Å²) in [6.07, 6.45) is 1.55. The predicted molar refractivity (Wildman–Crippen MR) is 101 cm³/mol. The van der Waals surface area contributed by atoms with Crippen LogP contribution in [0.1, 0.15) is 0 Å². The van der Waals surface area contributed by atoms with Crippen molar-refractivity contribution in [3.05, 3.63) is 30.5 Å². The minimum absolute atomic E-state index is 0.348. The molecule has 0 unspecified atom stereocenters. The molecule has 1 aliphatic rings. The molecule has 0 saturated carbocycles. The highest BCUT2D eigenvalue weighted by Crippen LogP contribution is 2.38. The number of carbonyl (C=O) groups excluding carboxylic acids is 1. The number of aromatic nitrogens is 3. The average Bonchev–Trinajstić information content (AvgIpc) is 3.10. The van der Waals surface area contributed by atoms with Crippen LogP contribution in [0.25, 0.3) is 5.65 Å². The van der Waals surface area contributed by atoms with E-state index in [1.807, 2.05) is 24.3 Å². The average molecular weight is 369 g/mol. The Morgan fingerprint density at radius 3 is 2.85 bits per heavy atom. The number of amides is 2. The van der Waals surface area contributed by atoms with E-state index in [-0.39, 0.29) is 6.03 Å². The van der Waals surface area contributed by atoms with Crippen molar-refractivity contribution in [3.8, 4) is 11.5 Å². The van der Waals surface area contributed by atoms with Gasteiger partial charge in [-0.1, -0.05) is 6.07 Å². The van der Waals surface area contributed by atoms with Gasteiger partial charge in [-0.05, 0) is 12.1 Å². The van der Waals surface area contributed by atoms with Gasteiger partial charge in [-0.25, -0.2) is 9.78 Å². The van der Waals surface area contributed by atoms with Gasteiger partial charge in [0.1, 0.15) is 30.5 Å². The zero-order chi connectivity index (χ0) is 18.8. The molecule has 1 aliphatic heterocycles. The van der Waals surface area contributed by atoms with E-state index in [1.165, 1.54) is 0 Å². The number of carbonyl (C=O) groups is 1. The molecule has 0 atom stereocenters. The monoisotopic (exact) mass is 369 g/mol. The minimum atomic E-state index is -0.348. The van der Waals surface area contributed by atoms with Crippen molar-refractivity contribution in [1.29, 1.82) is 0 Å². The van der Waals surface area contributed by atoms with Gasteiger partial charge in [0, 0.05) is 20.2 Å². The second-order valence-electron chi connectivity index (χ2n) is 5.73. The zero-order valence-corrected chi connectivity index (χ0v) is 14.9. The van der Waals surface area contributed by atoms with Gasteiger partial charge in [-0.15, -0.1) is 0 Å². The summed E-state index contributed by atoms with van der Waals surface area (Å²) in [6.45, 7) is 1.01. The lowest BCUT2D eigenvalue weighted by Crippen LogP contribution is -2.24. The van der Waals surface area contributed by atoms with E-state index >= 15 is 0 Å². The molecule has 10 heteroatoms. The number of nitrogens with one attached hydrogen (secondary N) is 4. The Morgan fingerprint density at radius 1 is 1.19 bits per heavy atom. The second-order valence-corrected chi connectivity index (χ2v) is 5.73. The SMILES string of the molecule is CNC(=O)Nc1cnn2c(NC)cc(Nc3cccc4c3OCCO4)nc12. The standard InChI is InChI=1S/C17H19N7O3/c1-18-14-8-13(21-10-4-3-5-12-15(10)27-7-6-26-12)23-16-11(9-20-24(14)16)22-17(25)19-2/h3-5,8-9,18H,6-7H2,1-2H3,(H,21,23)(H2,19,22,25). The maximum atomic E-state index is 11.7. The molecule has 1 aromatic carbocycles. The Balaban J connectivity index is 1.74. The normalized spacial score (nSPS) is 12.5. The molecule has 0 radical (unpaired) electrons. The fourth-order valence-electron chi connectivity index (χ4n) is 2.79. The lowest BCUT2D eigenvalue weighted by atomic mass is 10.2. The molecular weight excluding hydrogens is 350 g/mol. The summed E-state index contributed by atoms with van der Waals surface area (Å²) in [7, 11) is 3.33. The third-order valence-corrected chi connectivity index (χ3v) is 4.03. The summed E-state index contributed by atoms with van der Waals surface area (Å²) < 4.78 is 13.0. The summed E-state index contributed by atoms with van der Waals surface area (Å²) in [5.41, 5.74) is 1.73. The van der Waals surface area contributed by atoms with Gasteiger partial charge >= 0.3 is 6.03 Å². The van der Waals surface area contributed by atoms with Gasteiger partial charge in [-0.3, -0.25) is 0 Å². The molecule has 10 nitrogen and oxygen atoms in total. The predicted octanol–water partition coefficient (Wildman–Crippen LogP) is 2.04. The van der Waals surface area contributed by atoms with Crippen LogP contribution in [0.5, 0.6) is 11.5 Å². The van der Waals surface area contributed by atoms with Crippen LogP contribution in [0.3, 0.4) is 0 Å². The van der Waals surface area contributed by atoms with Crippen LogP contribution < -0.4 is 30.7 Å². The quantitative estimate of drug-likeness (QED) is 0.556. The smallest absolute Gasteiger partial charge is 0.319 e. The van der Waals surface area contributed by atoms with Crippen molar-refractivity contribution in [2.45, 2.75) is 0 Å². The van der Waals surface area contributed by atoms with Gasteiger partial charge < -0.3 is 30.7 Å². The number of nitrogens with zero attached hydrogens (tertiary/aromatic N) is 3. The number of benzene rings is 1. The number of rotatable bonds is 4. The highest BCUT2D eigenvalue weighted by Gasteiger charge is 2.17. The number of hydrogen-bond acceptors (Lipinski definition) is 7. The highest BCUT2D eigenvalue weighted by atomic mass is 16.6. The van der Waals surface area contributed by atoms with E-state index in [0.717, 1.165) is 5.69 Å². The van der Waals surface area contributed by atoms with Crippen LogP contribution in [0.15, 0.2) is 30.5 Å². The van der Waals surface area contributed by atoms with E-state index in [1.54, 1.807) is 24.8 Å². The number of para-hydroxylation sites is 1. The third-order valence-electron chi connectivity index (χ3n) is 4.03. The molecule has 0 fully saturated rings. The second kappa shape index (κ2) is 6.90. The maximum absolute atomic E-state index is 11.7. The molecule has 2 amide bonds. The van der Waals surface area contributed by atoms with Crippen molar-refractivity contribution in [3.63, 3.8) is 0 Å². The van der Waals surface area contributed by atoms with Gasteiger partial charge in [-0.2, -0.15) is 9.61 Å². The van der Waals surface area contributed by atoms with Crippen molar-refractivity contribution >= 4 is 34.7 Å². The first-order chi connectivity index (χ1) is 13.2. The Labute approximate surface area is 154 Å². The van der Waals surface area contributed by atoms with E-state index in [0.29, 0.717) is 47.7 Å². The molecule has 0 aliphatic carbocycles. The van der Waals surface area contributed by atoms with Crippen molar-refractivity contribution < 1.29 is 14.3 Å². The Morgan fingerprint density at radius 2 is 2.04 bits per heavy atom. The highest BCUT2D eigenvalue weighted by molar-refractivity contribution is 5.93. The molecule has 0 saturated heterocycles. The topological polar surface area (TPSA) is 114 Å². The molecule has 3 aromatic rings. The Bertz CT molecular complexity index is 1000. The van der Waals surface area contributed by atoms with Gasteiger partial charge in [0.2, 0.25) is 0 Å². The van der Waals surface area contributed by atoms with Gasteiger partial charge in [0.25, 0.3) is 0 Å². The molecule has 0 bridgehead atoms. The van der Waals surface area contributed by atoms with Gasteiger partial charge in [0.05, 0.1) is 11.9 Å². The number of ether oxygens (including phenoxy) is 2. The first kappa shape index (κ1) is 16.8. The molecule has 0 spiro atoms. The van der Waals surface area contributed by atoms with Crippen LogP contribution in [-0.4, -0.2) is 47.9 Å². The van der Waals surface area contributed by atoms with E-state index in [9.17, 15) is 4.79 Å². The van der Waals surface area contributed by atoms with Crippen LogP contribution >= 0.6 is 0 Å². The summed E-state index contributed by atoms with van der Waals surface area (Å²) in [4.78, 5) is 16.3. The van der Waals surface area contributed by atoms with Gasteiger partial charge in [0.15, 0.2) is 17.1 Å². The lowest BCUT2D eigenvalue weighted by molar-refractivity contribution is 0.172. The first-order valence-electron chi connectivity index (χ1n) is 8.40.